The van der Waals surface area contributed by atoms with Crippen molar-refractivity contribution in [1.82, 2.24) is 4.98 Å². The van der Waals surface area contributed by atoms with E-state index in [-0.39, 0.29) is 0 Å². The van der Waals surface area contributed by atoms with Gasteiger partial charge in [-0.2, -0.15) is 0 Å². The van der Waals surface area contributed by atoms with Gasteiger partial charge in [0.25, 0.3) is 0 Å². The van der Waals surface area contributed by atoms with Crippen LogP contribution in [-0.4, -0.2) is 4.98 Å². The Kier molecular flexibility index (Phi) is 8.72. The fourth-order valence-electron chi connectivity index (χ4n) is 9.13. The van der Waals surface area contributed by atoms with Gasteiger partial charge >= 0.3 is 0 Å². The third-order valence-electron chi connectivity index (χ3n) is 12.2. The van der Waals surface area contributed by atoms with E-state index in [9.17, 15) is 0 Å². The van der Waals surface area contributed by atoms with Crippen molar-refractivity contribution in [2.75, 3.05) is 4.90 Å². The molecule has 0 atom stereocenters. The average Bonchev–Trinajstić information content (AvgIpc) is 3.73. The van der Waals surface area contributed by atoms with Gasteiger partial charge in [-0.1, -0.05) is 164 Å². The highest BCUT2D eigenvalue weighted by Gasteiger charge is 2.18. The lowest BCUT2D eigenvalue weighted by Crippen LogP contribution is -2.10. The highest BCUT2D eigenvalue weighted by Crippen LogP contribution is 2.44. The van der Waals surface area contributed by atoms with Crippen molar-refractivity contribution in [3.05, 3.63) is 231 Å². The van der Waals surface area contributed by atoms with Gasteiger partial charge in [-0.15, -0.1) is 11.3 Å². The quantitative estimate of drug-likeness (QED) is 0.159. The summed E-state index contributed by atoms with van der Waals surface area (Å²) in [5, 5.41) is 8.71. The fraction of sp³-hybridized carbons (Fsp3) is 0. The highest BCUT2D eigenvalue weighted by atomic mass is 32.1. The average molecular weight is 807 g/mol. The van der Waals surface area contributed by atoms with Gasteiger partial charge in [-0.05, 0) is 116 Å². The van der Waals surface area contributed by atoms with Gasteiger partial charge < -0.3 is 4.90 Å². The summed E-state index contributed by atoms with van der Waals surface area (Å²) in [7, 11) is 0. The van der Waals surface area contributed by atoms with Crippen LogP contribution in [-0.2, 0) is 0 Å². The normalized spacial score (nSPS) is 11.5. The number of pyridine rings is 1. The van der Waals surface area contributed by atoms with E-state index in [4.69, 9.17) is 4.98 Å². The van der Waals surface area contributed by atoms with E-state index in [1.165, 1.54) is 64.0 Å². The molecule has 2 heterocycles. The molecule has 10 aromatic carbocycles. The van der Waals surface area contributed by atoms with Crippen molar-refractivity contribution in [1.29, 1.82) is 0 Å². The Morgan fingerprint density at radius 1 is 0.323 bits per heavy atom. The molecule has 0 radical (unpaired) electrons. The molecule has 2 nitrogen and oxygen atoms in total. The lowest BCUT2D eigenvalue weighted by molar-refractivity contribution is 1.29. The van der Waals surface area contributed by atoms with Crippen molar-refractivity contribution < 1.29 is 0 Å². The number of rotatable bonds is 7. The standard InChI is InChI=1S/C59H38N2S/c1-3-12-39(13-4-1)43-18-11-19-50(36-43)61(51-31-32-53-57(38-51)62-56-33-28-41-16-7-9-20-52(41)58(53)56)49-29-26-42(27-30-49)54-37-47-17-8-10-21-55(47)60-59(54)48-25-24-45-34-44(22-23-46(45)35-48)40-14-5-2-6-15-40/h1-38H. The van der Waals surface area contributed by atoms with Gasteiger partial charge in [0, 0.05) is 53.7 Å². The number of para-hydroxylation sites is 1. The minimum atomic E-state index is 0.973. The molecule has 0 amide bonds. The van der Waals surface area contributed by atoms with Gasteiger partial charge in [-0.25, -0.2) is 4.98 Å². The number of anilines is 3. The molecular formula is C59H38N2S. The SMILES string of the molecule is c1ccc(-c2cccc(N(c3ccc(-c4cc5ccccc5nc4-c4ccc5cc(-c6ccccc6)ccc5c4)cc3)c3ccc4c(c3)sc3ccc5ccccc5c34)c2)cc1. The monoisotopic (exact) mass is 806 g/mol. The summed E-state index contributed by atoms with van der Waals surface area (Å²) in [6, 6.07) is 83.6. The number of thiophene rings is 1. The second kappa shape index (κ2) is 15.0. The zero-order valence-electron chi connectivity index (χ0n) is 33.7. The molecule has 0 saturated heterocycles. The first-order chi connectivity index (χ1) is 30.7. The lowest BCUT2D eigenvalue weighted by Gasteiger charge is -2.26. The van der Waals surface area contributed by atoms with Crippen LogP contribution in [0.2, 0.25) is 0 Å². The summed E-state index contributed by atoms with van der Waals surface area (Å²) in [5.41, 5.74) is 13.4. The summed E-state index contributed by atoms with van der Waals surface area (Å²) >= 11 is 1.87. The van der Waals surface area contributed by atoms with E-state index in [0.717, 1.165) is 50.3 Å². The number of benzene rings is 10. The first-order valence-corrected chi connectivity index (χ1v) is 21.9. The van der Waals surface area contributed by atoms with Gasteiger partial charge in [0.15, 0.2) is 0 Å². The van der Waals surface area contributed by atoms with Crippen molar-refractivity contribution in [3.63, 3.8) is 0 Å². The van der Waals surface area contributed by atoms with Crippen LogP contribution in [0.25, 0.3) is 97.3 Å². The molecule has 0 aliphatic carbocycles. The van der Waals surface area contributed by atoms with E-state index in [2.05, 4.69) is 235 Å². The molecule has 0 aliphatic heterocycles. The summed E-state index contributed by atoms with van der Waals surface area (Å²) in [4.78, 5) is 7.74. The van der Waals surface area contributed by atoms with Crippen molar-refractivity contribution in [3.8, 4) is 44.6 Å². The van der Waals surface area contributed by atoms with E-state index in [1.807, 2.05) is 11.3 Å². The molecule has 290 valence electrons. The summed E-state index contributed by atoms with van der Waals surface area (Å²) in [6.45, 7) is 0. The van der Waals surface area contributed by atoms with Crippen LogP contribution in [0.3, 0.4) is 0 Å². The summed E-state index contributed by atoms with van der Waals surface area (Å²) < 4.78 is 2.58. The van der Waals surface area contributed by atoms with E-state index < -0.39 is 0 Å². The van der Waals surface area contributed by atoms with Gasteiger partial charge in [0.2, 0.25) is 0 Å². The van der Waals surface area contributed by atoms with E-state index in [1.54, 1.807) is 0 Å². The zero-order valence-corrected chi connectivity index (χ0v) is 34.6. The Bertz CT molecular complexity index is 3630. The van der Waals surface area contributed by atoms with E-state index in [0.29, 0.717) is 0 Å². The molecule has 0 unspecified atom stereocenters. The molecular weight excluding hydrogens is 769 g/mol. The lowest BCUT2D eigenvalue weighted by atomic mass is 9.94. The molecule has 0 aliphatic rings. The van der Waals surface area contributed by atoms with Crippen LogP contribution < -0.4 is 4.90 Å². The summed E-state index contributed by atoms with van der Waals surface area (Å²) in [5.74, 6) is 0. The summed E-state index contributed by atoms with van der Waals surface area (Å²) in [6.07, 6.45) is 0. The largest absolute Gasteiger partial charge is 0.310 e. The predicted molar refractivity (Wildman–Crippen MR) is 266 cm³/mol. The van der Waals surface area contributed by atoms with Crippen molar-refractivity contribution in [2.45, 2.75) is 0 Å². The van der Waals surface area contributed by atoms with Crippen molar-refractivity contribution in [2.24, 2.45) is 0 Å². The van der Waals surface area contributed by atoms with Crippen LogP contribution in [0.4, 0.5) is 17.1 Å². The minimum absolute atomic E-state index is 0.973. The third kappa shape index (κ3) is 6.39. The number of fused-ring (bicyclic) bond motifs is 7. The van der Waals surface area contributed by atoms with E-state index >= 15 is 0 Å². The Balaban J connectivity index is 0.981. The predicted octanol–water partition coefficient (Wildman–Crippen LogP) is 17.0. The Hall–Kier alpha value is -7.85. The molecule has 0 spiro atoms. The topological polar surface area (TPSA) is 16.1 Å². The van der Waals surface area contributed by atoms with Gasteiger partial charge in [0.1, 0.15) is 0 Å². The third-order valence-corrected chi connectivity index (χ3v) is 13.3. The Morgan fingerprint density at radius 2 is 0.919 bits per heavy atom. The van der Waals surface area contributed by atoms with Crippen LogP contribution in [0.15, 0.2) is 231 Å². The van der Waals surface area contributed by atoms with Crippen LogP contribution >= 0.6 is 11.3 Å². The minimum Gasteiger partial charge on any atom is -0.310 e. The van der Waals surface area contributed by atoms with Crippen LogP contribution in [0, 0.1) is 0 Å². The second-order valence-electron chi connectivity index (χ2n) is 16.0. The molecule has 62 heavy (non-hydrogen) atoms. The molecule has 2 aromatic heterocycles. The number of aromatic nitrogens is 1. The maximum atomic E-state index is 5.34. The molecule has 12 aromatic rings. The van der Waals surface area contributed by atoms with Gasteiger partial charge in [-0.3, -0.25) is 0 Å². The maximum Gasteiger partial charge on any atom is 0.0788 e. The maximum absolute atomic E-state index is 5.34. The molecule has 0 fully saturated rings. The molecule has 0 saturated carbocycles. The first-order valence-electron chi connectivity index (χ1n) is 21.1. The molecule has 3 heteroatoms. The zero-order chi connectivity index (χ0) is 41.0. The molecule has 0 bridgehead atoms. The number of nitrogens with zero attached hydrogens (tertiary/aromatic N) is 2. The van der Waals surface area contributed by atoms with Crippen molar-refractivity contribution >= 4 is 81.0 Å². The second-order valence-corrected chi connectivity index (χ2v) is 17.0. The van der Waals surface area contributed by atoms with Crippen LogP contribution in [0.5, 0.6) is 0 Å². The Morgan fingerprint density at radius 3 is 1.71 bits per heavy atom. The Labute approximate surface area is 364 Å². The van der Waals surface area contributed by atoms with Crippen LogP contribution in [0.1, 0.15) is 0 Å². The highest BCUT2D eigenvalue weighted by molar-refractivity contribution is 7.26. The number of hydrogen-bond donors (Lipinski definition) is 0. The number of hydrogen-bond acceptors (Lipinski definition) is 3. The fourth-order valence-corrected chi connectivity index (χ4v) is 10.3. The molecule has 0 N–H and O–H groups in total. The van der Waals surface area contributed by atoms with Gasteiger partial charge in [0.05, 0.1) is 11.2 Å². The molecule has 12 rings (SSSR count). The first kappa shape index (κ1) is 36.0. The smallest absolute Gasteiger partial charge is 0.0788 e.